The second-order valence-corrected chi connectivity index (χ2v) is 3.63. The Morgan fingerprint density at radius 1 is 1.38 bits per heavy atom. The van der Waals surface area contributed by atoms with Crippen LogP contribution in [0, 0.1) is 6.92 Å². The first-order chi connectivity index (χ1) is 5.97. The molecule has 0 bridgehead atoms. The third kappa shape index (κ3) is 1.99. The fraction of sp³-hybridized carbons (Fsp3) is 0.400. The summed E-state index contributed by atoms with van der Waals surface area (Å²) in [5, 5.41) is 9.46. The first kappa shape index (κ1) is 10.0. The van der Waals surface area contributed by atoms with Crippen molar-refractivity contribution in [1.29, 1.82) is 0 Å². The molecule has 0 amide bonds. The minimum Gasteiger partial charge on any atom is -0.508 e. The molecule has 13 heavy (non-hydrogen) atoms. The zero-order valence-electron chi connectivity index (χ0n) is 8.16. The molecule has 0 aliphatic rings. The van der Waals surface area contributed by atoms with Gasteiger partial charge >= 0.3 is 0 Å². The van der Waals surface area contributed by atoms with E-state index in [1.807, 2.05) is 32.9 Å². The van der Waals surface area contributed by atoms with Gasteiger partial charge in [0.1, 0.15) is 11.4 Å². The van der Waals surface area contributed by atoms with Crippen molar-refractivity contribution >= 4 is 0 Å². The van der Waals surface area contributed by atoms with Crippen molar-refractivity contribution in [2.75, 3.05) is 0 Å². The van der Waals surface area contributed by atoms with Crippen LogP contribution in [0.3, 0.4) is 0 Å². The van der Waals surface area contributed by atoms with Gasteiger partial charge in [-0.05, 0) is 38.0 Å². The van der Waals surface area contributed by atoms with Gasteiger partial charge in [0.2, 0.25) is 0 Å². The van der Waals surface area contributed by atoms with E-state index in [1.54, 1.807) is 6.07 Å². The van der Waals surface area contributed by atoms with Crippen LogP contribution in [0.4, 0.5) is 0 Å². The second kappa shape index (κ2) is 3.36. The van der Waals surface area contributed by atoms with Gasteiger partial charge in [-0.1, -0.05) is 12.1 Å². The second-order valence-electron chi connectivity index (χ2n) is 3.63. The third-order valence-corrected chi connectivity index (χ3v) is 2.20. The van der Waals surface area contributed by atoms with E-state index in [1.165, 1.54) is 0 Å². The number of phenols is 1. The number of hydrogen-bond donors (Lipinski definition) is 2. The maximum absolute atomic E-state index is 9.46. The summed E-state index contributed by atoms with van der Waals surface area (Å²) in [7, 11) is 0. The van der Waals surface area contributed by atoms with E-state index in [2.05, 4.69) is 0 Å². The maximum Gasteiger partial charge on any atom is 0.118 e. The molecule has 3 heteroatoms. The maximum atomic E-state index is 9.46. The lowest BCUT2D eigenvalue weighted by molar-refractivity contribution is -0.0237. The predicted molar refractivity (Wildman–Crippen MR) is 51.1 cm³/mol. The minimum atomic E-state index is -0.564. The summed E-state index contributed by atoms with van der Waals surface area (Å²) >= 11 is 0. The number of rotatable bonds is 2. The molecule has 0 aliphatic heterocycles. The van der Waals surface area contributed by atoms with Crippen LogP contribution in [0.2, 0.25) is 0 Å². The molecule has 0 saturated heterocycles. The van der Waals surface area contributed by atoms with Crippen LogP contribution in [0.1, 0.15) is 25.0 Å². The molecule has 1 aromatic rings. The normalized spacial score (nSPS) is 11.7. The van der Waals surface area contributed by atoms with Crippen LogP contribution in [0.5, 0.6) is 5.75 Å². The van der Waals surface area contributed by atoms with E-state index in [-0.39, 0.29) is 5.75 Å². The molecule has 0 aromatic heterocycles. The molecule has 1 rings (SSSR count). The highest BCUT2D eigenvalue weighted by molar-refractivity contribution is 5.37. The standard InChI is InChI=1S/C10H15NO2/c1-7-4-5-8(6-9(7)12)10(2,3)13-11/h4-6,12H,11H2,1-3H3. The number of phenolic OH excluding ortho intramolecular Hbond substituents is 1. The van der Waals surface area contributed by atoms with Crippen LogP contribution in [0.25, 0.3) is 0 Å². The minimum absolute atomic E-state index is 0.266. The number of hydrogen-bond acceptors (Lipinski definition) is 3. The van der Waals surface area contributed by atoms with Crippen molar-refractivity contribution in [3.8, 4) is 5.75 Å². The molecule has 3 N–H and O–H groups in total. The highest BCUT2D eigenvalue weighted by Crippen LogP contribution is 2.27. The van der Waals surface area contributed by atoms with Gasteiger partial charge in [-0.25, -0.2) is 5.90 Å². The van der Waals surface area contributed by atoms with Crippen molar-refractivity contribution in [3.63, 3.8) is 0 Å². The number of aromatic hydroxyl groups is 1. The summed E-state index contributed by atoms with van der Waals surface area (Å²) < 4.78 is 0. The lowest BCUT2D eigenvalue weighted by Crippen LogP contribution is -2.25. The molecular weight excluding hydrogens is 166 g/mol. The van der Waals surface area contributed by atoms with E-state index in [0.717, 1.165) is 11.1 Å². The third-order valence-electron chi connectivity index (χ3n) is 2.20. The Morgan fingerprint density at radius 3 is 2.46 bits per heavy atom. The summed E-state index contributed by atoms with van der Waals surface area (Å²) in [5.41, 5.74) is 1.14. The van der Waals surface area contributed by atoms with Crippen molar-refractivity contribution < 1.29 is 9.94 Å². The van der Waals surface area contributed by atoms with E-state index >= 15 is 0 Å². The molecule has 0 radical (unpaired) electrons. The molecule has 0 fully saturated rings. The Hall–Kier alpha value is -1.06. The van der Waals surface area contributed by atoms with Crippen molar-refractivity contribution in [2.24, 2.45) is 5.90 Å². The fourth-order valence-corrected chi connectivity index (χ4v) is 1.05. The van der Waals surface area contributed by atoms with Gasteiger partial charge in [-0.3, -0.25) is 4.84 Å². The highest BCUT2D eigenvalue weighted by Gasteiger charge is 2.20. The topological polar surface area (TPSA) is 55.5 Å². The molecule has 0 spiro atoms. The first-order valence-electron chi connectivity index (χ1n) is 4.15. The van der Waals surface area contributed by atoms with Crippen LogP contribution in [-0.4, -0.2) is 5.11 Å². The summed E-state index contributed by atoms with van der Waals surface area (Å²) in [4.78, 5) is 4.81. The van der Waals surface area contributed by atoms with Crippen LogP contribution in [-0.2, 0) is 10.4 Å². The zero-order valence-corrected chi connectivity index (χ0v) is 8.16. The lowest BCUT2D eigenvalue weighted by atomic mass is 9.97. The summed E-state index contributed by atoms with van der Waals surface area (Å²) in [5.74, 6) is 5.41. The van der Waals surface area contributed by atoms with Crippen LogP contribution >= 0.6 is 0 Å². The van der Waals surface area contributed by atoms with Gasteiger partial charge in [-0.15, -0.1) is 0 Å². The van der Waals surface area contributed by atoms with Gasteiger partial charge < -0.3 is 5.11 Å². The Bertz CT molecular complexity index is 308. The summed E-state index contributed by atoms with van der Waals surface area (Å²) in [6, 6.07) is 5.40. The Balaban J connectivity index is 3.10. The molecule has 0 atom stereocenters. The van der Waals surface area contributed by atoms with Crippen LogP contribution < -0.4 is 5.90 Å². The Morgan fingerprint density at radius 2 is 2.00 bits per heavy atom. The molecule has 0 heterocycles. The molecule has 0 saturated carbocycles. The van der Waals surface area contributed by atoms with Crippen molar-refractivity contribution in [2.45, 2.75) is 26.4 Å². The van der Waals surface area contributed by atoms with E-state index < -0.39 is 5.60 Å². The van der Waals surface area contributed by atoms with Crippen molar-refractivity contribution in [1.82, 2.24) is 0 Å². The number of nitrogens with two attached hydrogens (primary N) is 1. The molecule has 3 nitrogen and oxygen atoms in total. The average Bonchev–Trinajstić information content (AvgIpc) is 2.09. The van der Waals surface area contributed by atoms with Gasteiger partial charge in [0.25, 0.3) is 0 Å². The average molecular weight is 181 g/mol. The van der Waals surface area contributed by atoms with E-state index in [0.29, 0.717) is 0 Å². The molecule has 72 valence electrons. The van der Waals surface area contributed by atoms with Gasteiger partial charge in [0.05, 0.1) is 0 Å². The first-order valence-corrected chi connectivity index (χ1v) is 4.15. The van der Waals surface area contributed by atoms with Crippen LogP contribution in [0.15, 0.2) is 18.2 Å². The Labute approximate surface area is 78.1 Å². The Kier molecular flexibility index (Phi) is 2.59. The SMILES string of the molecule is Cc1ccc(C(C)(C)ON)cc1O. The molecule has 0 aliphatic carbocycles. The van der Waals surface area contributed by atoms with Gasteiger partial charge in [0.15, 0.2) is 0 Å². The summed E-state index contributed by atoms with van der Waals surface area (Å²) in [6.07, 6.45) is 0. The molecular formula is C10H15NO2. The summed E-state index contributed by atoms with van der Waals surface area (Å²) in [6.45, 7) is 5.53. The lowest BCUT2D eigenvalue weighted by Gasteiger charge is -2.22. The predicted octanol–water partition coefficient (Wildman–Crippen LogP) is 1.83. The molecule has 1 aromatic carbocycles. The highest BCUT2D eigenvalue weighted by atomic mass is 16.6. The monoisotopic (exact) mass is 181 g/mol. The van der Waals surface area contributed by atoms with E-state index in [9.17, 15) is 5.11 Å². The zero-order chi connectivity index (χ0) is 10.1. The number of aryl methyl sites for hydroxylation is 1. The van der Waals surface area contributed by atoms with Gasteiger partial charge in [-0.2, -0.15) is 0 Å². The largest absolute Gasteiger partial charge is 0.508 e. The quantitative estimate of drug-likeness (QED) is 0.684. The smallest absolute Gasteiger partial charge is 0.118 e. The van der Waals surface area contributed by atoms with Gasteiger partial charge in [0, 0.05) is 0 Å². The fourth-order valence-electron chi connectivity index (χ4n) is 1.05. The molecule has 0 unspecified atom stereocenters. The van der Waals surface area contributed by atoms with Crippen molar-refractivity contribution in [3.05, 3.63) is 29.3 Å². The number of benzene rings is 1. The van der Waals surface area contributed by atoms with E-state index in [4.69, 9.17) is 10.7 Å².